The molecule has 39 heavy (non-hydrogen) atoms. The third-order valence-electron chi connectivity index (χ3n) is 5.60. The van der Waals surface area contributed by atoms with E-state index in [9.17, 15) is 24.0 Å². The van der Waals surface area contributed by atoms with Gasteiger partial charge in [0.15, 0.2) is 0 Å². The van der Waals surface area contributed by atoms with E-state index in [1.165, 1.54) is 49.6 Å². The van der Waals surface area contributed by atoms with Crippen LogP contribution in [0.15, 0.2) is 83.5 Å². The number of methoxy groups -OCH3 is 1. The van der Waals surface area contributed by atoms with Crippen LogP contribution in [0.5, 0.6) is 0 Å². The molecule has 2 N–H and O–H groups in total. The number of nitrogens with zero attached hydrogens (tertiary/aromatic N) is 1. The fourth-order valence-electron chi connectivity index (χ4n) is 3.73. The molecule has 0 saturated carbocycles. The first-order valence-corrected chi connectivity index (χ1v) is 12.0. The Balaban J connectivity index is 1.46. The van der Waals surface area contributed by atoms with Crippen molar-refractivity contribution in [1.29, 1.82) is 0 Å². The maximum atomic E-state index is 13.1. The molecule has 3 aromatic rings. The Hall–Kier alpha value is -4.96. The molecule has 0 unspecified atom stereocenters. The average Bonchev–Trinajstić information content (AvgIpc) is 3.16. The number of halogens is 1. The first kappa shape index (κ1) is 27.1. The lowest BCUT2D eigenvalue weighted by Crippen LogP contribution is -2.32. The summed E-state index contributed by atoms with van der Waals surface area (Å²) in [5.41, 5.74) is 1.58. The van der Waals surface area contributed by atoms with Crippen LogP contribution in [0.4, 0.5) is 17.1 Å². The minimum absolute atomic E-state index is 0.155. The molecule has 0 atom stereocenters. The van der Waals surface area contributed by atoms with Gasteiger partial charge in [-0.1, -0.05) is 23.7 Å². The number of carbonyl (C=O) groups is 5. The summed E-state index contributed by atoms with van der Waals surface area (Å²) in [6.07, 6.45) is 0. The molecule has 0 aliphatic carbocycles. The third kappa shape index (κ3) is 5.81. The summed E-state index contributed by atoms with van der Waals surface area (Å²) in [5.74, 6) is -3.01. The van der Waals surface area contributed by atoms with E-state index in [2.05, 4.69) is 15.4 Å². The molecule has 11 heteroatoms. The molecule has 0 fully saturated rings. The van der Waals surface area contributed by atoms with Crippen molar-refractivity contribution in [2.24, 2.45) is 0 Å². The van der Waals surface area contributed by atoms with Gasteiger partial charge in [0.05, 0.1) is 30.5 Å². The SMILES string of the molecule is CCOC(=O)c1cccc(NC(=O)c2ccc(NC3=C(Cl)C(=O)N(c4cccc(C(=O)OC)c4)C3=O)cc2)c1. The Morgan fingerprint density at radius 3 is 2.15 bits per heavy atom. The van der Waals surface area contributed by atoms with Gasteiger partial charge in [0, 0.05) is 16.9 Å². The van der Waals surface area contributed by atoms with E-state index in [0.717, 1.165) is 4.90 Å². The Morgan fingerprint density at radius 2 is 1.49 bits per heavy atom. The van der Waals surface area contributed by atoms with Gasteiger partial charge in [-0.25, -0.2) is 14.5 Å². The third-order valence-corrected chi connectivity index (χ3v) is 5.95. The van der Waals surface area contributed by atoms with Gasteiger partial charge in [0.1, 0.15) is 10.7 Å². The first-order valence-electron chi connectivity index (χ1n) is 11.7. The van der Waals surface area contributed by atoms with E-state index in [-0.39, 0.29) is 28.6 Å². The summed E-state index contributed by atoms with van der Waals surface area (Å²) >= 11 is 6.19. The standard InChI is InChI=1S/C28H22ClN3O7/c1-3-39-28(37)17-6-4-8-20(14-17)31-24(33)16-10-12-19(13-11-16)30-23-22(29)25(34)32(26(23)35)21-9-5-7-18(15-21)27(36)38-2/h4-15,30H,3H2,1-2H3,(H,31,33). The number of hydrogen-bond acceptors (Lipinski definition) is 8. The van der Waals surface area contributed by atoms with Gasteiger partial charge in [0.25, 0.3) is 17.7 Å². The van der Waals surface area contributed by atoms with Crippen molar-refractivity contribution in [3.8, 4) is 0 Å². The minimum atomic E-state index is -0.757. The topological polar surface area (TPSA) is 131 Å². The highest BCUT2D eigenvalue weighted by atomic mass is 35.5. The van der Waals surface area contributed by atoms with Gasteiger partial charge in [-0.2, -0.15) is 0 Å². The quantitative estimate of drug-likeness (QED) is 0.314. The molecule has 0 spiro atoms. The zero-order chi connectivity index (χ0) is 28.1. The van der Waals surface area contributed by atoms with Crippen LogP contribution in [0.1, 0.15) is 38.0 Å². The molecule has 0 aromatic heterocycles. The lowest BCUT2D eigenvalue weighted by molar-refractivity contribution is -0.120. The van der Waals surface area contributed by atoms with E-state index >= 15 is 0 Å². The van der Waals surface area contributed by atoms with Crippen molar-refractivity contribution >= 4 is 58.3 Å². The maximum Gasteiger partial charge on any atom is 0.338 e. The highest BCUT2D eigenvalue weighted by molar-refractivity contribution is 6.53. The first-order chi connectivity index (χ1) is 18.7. The van der Waals surface area contributed by atoms with E-state index in [4.69, 9.17) is 16.3 Å². The van der Waals surface area contributed by atoms with E-state index in [0.29, 0.717) is 22.5 Å². The number of rotatable bonds is 8. The lowest BCUT2D eigenvalue weighted by atomic mass is 10.1. The molecule has 3 aromatic carbocycles. The second-order valence-electron chi connectivity index (χ2n) is 8.13. The molecule has 0 radical (unpaired) electrons. The van der Waals surface area contributed by atoms with E-state index < -0.39 is 29.7 Å². The molecule has 10 nitrogen and oxygen atoms in total. The van der Waals surface area contributed by atoms with Crippen LogP contribution in [-0.4, -0.2) is 43.4 Å². The normalized spacial score (nSPS) is 12.8. The van der Waals surface area contributed by atoms with Gasteiger partial charge in [-0.05, 0) is 67.6 Å². The minimum Gasteiger partial charge on any atom is -0.465 e. The number of amides is 3. The van der Waals surface area contributed by atoms with Crippen molar-refractivity contribution in [3.05, 3.63) is 100 Å². The Morgan fingerprint density at radius 1 is 0.821 bits per heavy atom. The number of ether oxygens (including phenoxy) is 2. The summed E-state index contributed by atoms with van der Waals surface area (Å²) in [4.78, 5) is 63.2. The zero-order valence-electron chi connectivity index (χ0n) is 20.8. The highest BCUT2D eigenvalue weighted by Crippen LogP contribution is 2.30. The predicted octanol–water partition coefficient (Wildman–Crippen LogP) is 4.34. The summed E-state index contributed by atoms with van der Waals surface area (Å²) in [6.45, 7) is 1.94. The summed E-state index contributed by atoms with van der Waals surface area (Å²) < 4.78 is 9.66. The second-order valence-corrected chi connectivity index (χ2v) is 8.51. The van der Waals surface area contributed by atoms with Gasteiger partial charge in [0.2, 0.25) is 0 Å². The molecule has 1 aliphatic heterocycles. The number of imide groups is 1. The molecular formula is C28H22ClN3O7. The summed E-state index contributed by atoms with van der Waals surface area (Å²) in [5, 5.41) is 5.21. The highest BCUT2D eigenvalue weighted by Gasteiger charge is 2.39. The van der Waals surface area contributed by atoms with Gasteiger partial charge >= 0.3 is 11.9 Å². The Kier molecular flexibility index (Phi) is 8.07. The van der Waals surface area contributed by atoms with Crippen LogP contribution in [-0.2, 0) is 19.1 Å². The van der Waals surface area contributed by atoms with Crippen molar-refractivity contribution < 1.29 is 33.4 Å². The number of hydrogen-bond donors (Lipinski definition) is 2. The number of anilines is 3. The molecular weight excluding hydrogens is 526 g/mol. The van der Waals surface area contributed by atoms with Crippen molar-refractivity contribution in [2.45, 2.75) is 6.92 Å². The van der Waals surface area contributed by atoms with Crippen LogP contribution < -0.4 is 15.5 Å². The van der Waals surface area contributed by atoms with Crippen molar-refractivity contribution in [3.63, 3.8) is 0 Å². The summed E-state index contributed by atoms with van der Waals surface area (Å²) in [6, 6.07) is 18.3. The van der Waals surface area contributed by atoms with Crippen molar-refractivity contribution in [2.75, 3.05) is 29.3 Å². The molecule has 0 bridgehead atoms. The average molecular weight is 548 g/mol. The second kappa shape index (κ2) is 11.6. The number of nitrogens with one attached hydrogen (secondary N) is 2. The zero-order valence-corrected chi connectivity index (χ0v) is 21.6. The van der Waals surface area contributed by atoms with Gasteiger partial charge in [-0.15, -0.1) is 0 Å². The Bertz CT molecular complexity index is 1520. The van der Waals surface area contributed by atoms with Gasteiger partial charge in [-0.3, -0.25) is 14.4 Å². The monoisotopic (exact) mass is 547 g/mol. The molecule has 0 saturated heterocycles. The maximum absolute atomic E-state index is 13.1. The summed E-state index contributed by atoms with van der Waals surface area (Å²) in [7, 11) is 1.22. The van der Waals surface area contributed by atoms with Crippen LogP contribution in [0.25, 0.3) is 0 Å². The van der Waals surface area contributed by atoms with Crippen LogP contribution in [0.2, 0.25) is 0 Å². The largest absolute Gasteiger partial charge is 0.465 e. The van der Waals surface area contributed by atoms with E-state index in [1.807, 2.05) is 0 Å². The molecule has 1 heterocycles. The Labute approximate surface area is 228 Å². The van der Waals surface area contributed by atoms with Crippen molar-refractivity contribution in [1.82, 2.24) is 0 Å². The number of benzene rings is 3. The molecule has 198 valence electrons. The molecule has 1 aliphatic rings. The van der Waals surface area contributed by atoms with Crippen LogP contribution >= 0.6 is 11.6 Å². The predicted molar refractivity (Wildman–Crippen MR) is 144 cm³/mol. The fourth-order valence-corrected chi connectivity index (χ4v) is 3.94. The van der Waals surface area contributed by atoms with Crippen LogP contribution in [0, 0.1) is 0 Å². The smallest absolute Gasteiger partial charge is 0.338 e. The lowest BCUT2D eigenvalue weighted by Gasteiger charge is -2.16. The molecule has 4 rings (SSSR count). The number of esters is 2. The fraction of sp³-hybridized carbons (Fsp3) is 0.107. The molecule has 3 amide bonds. The number of carbonyl (C=O) groups excluding carboxylic acids is 5. The van der Waals surface area contributed by atoms with Crippen LogP contribution in [0.3, 0.4) is 0 Å². The van der Waals surface area contributed by atoms with E-state index in [1.54, 1.807) is 37.3 Å². The van der Waals surface area contributed by atoms with Gasteiger partial charge < -0.3 is 20.1 Å².